The first-order chi connectivity index (χ1) is 12.4. The fourth-order valence-electron chi connectivity index (χ4n) is 2.14. The monoisotopic (exact) mass is 373 g/mol. The maximum absolute atomic E-state index is 11.9. The number of carbonyl (C=O) groups is 1. The summed E-state index contributed by atoms with van der Waals surface area (Å²) >= 11 is 6.22. The summed E-state index contributed by atoms with van der Waals surface area (Å²) in [7, 11) is 0. The van der Waals surface area contributed by atoms with Gasteiger partial charge in [-0.2, -0.15) is 5.10 Å². The fourth-order valence-corrected chi connectivity index (χ4v) is 2.37. The molecule has 2 amide bonds. The molecule has 2 aromatic carbocycles. The maximum atomic E-state index is 11.9. The van der Waals surface area contributed by atoms with Crippen molar-refractivity contribution in [1.82, 2.24) is 5.43 Å². The lowest BCUT2D eigenvalue weighted by atomic mass is 10.1. The van der Waals surface area contributed by atoms with Gasteiger partial charge in [0.1, 0.15) is 5.75 Å². The van der Waals surface area contributed by atoms with Crippen LogP contribution in [0.2, 0.25) is 5.02 Å². The first kappa shape index (κ1) is 19.8. The molecule has 0 aliphatic heterocycles. The molecular formula is C20H24ClN3O2. The number of nitrogens with one attached hydrogen (secondary N) is 2. The van der Waals surface area contributed by atoms with E-state index < -0.39 is 6.03 Å². The lowest BCUT2D eigenvalue weighted by Crippen LogP contribution is -2.24. The number of benzene rings is 2. The summed E-state index contributed by atoms with van der Waals surface area (Å²) in [5.41, 5.74) is 6.20. The maximum Gasteiger partial charge on any atom is 0.339 e. The third-order valence-electron chi connectivity index (χ3n) is 4.00. The third kappa shape index (κ3) is 5.77. The van der Waals surface area contributed by atoms with Gasteiger partial charge in [-0.05, 0) is 74.2 Å². The Kier molecular flexibility index (Phi) is 7.04. The average molecular weight is 374 g/mol. The Morgan fingerprint density at radius 3 is 2.65 bits per heavy atom. The van der Waals surface area contributed by atoms with Gasteiger partial charge in [0.25, 0.3) is 0 Å². The van der Waals surface area contributed by atoms with Crippen LogP contribution < -0.4 is 15.5 Å². The van der Waals surface area contributed by atoms with Crippen LogP contribution in [0, 0.1) is 13.8 Å². The van der Waals surface area contributed by atoms with E-state index in [9.17, 15) is 4.79 Å². The fraction of sp³-hybridized carbons (Fsp3) is 0.300. The van der Waals surface area contributed by atoms with Crippen LogP contribution in [0.4, 0.5) is 10.5 Å². The molecule has 2 rings (SSSR count). The van der Waals surface area contributed by atoms with Crippen molar-refractivity contribution in [3.63, 3.8) is 0 Å². The van der Waals surface area contributed by atoms with Gasteiger partial charge < -0.3 is 10.1 Å². The number of urea groups is 1. The highest BCUT2D eigenvalue weighted by molar-refractivity contribution is 6.32. The van der Waals surface area contributed by atoms with E-state index in [1.54, 1.807) is 12.1 Å². The normalized spacial score (nSPS) is 12.0. The van der Waals surface area contributed by atoms with Gasteiger partial charge in [-0.3, -0.25) is 0 Å². The highest BCUT2D eigenvalue weighted by atomic mass is 35.5. The molecule has 0 fully saturated rings. The summed E-state index contributed by atoms with van der Waals surface area (Å²) in [6.45, 7) is 8.06. The Balaban J connectivity index is 1.92. The van der Waals surface area contributed by atoms with Gasteiger partial charge in [0.05, 0.1) is 17.3 Å². The van der Waals surface area contributed by atoms with E-state index in [0.717, 1.165) is 23.2 Å². The molecule has 5 nitrogen and oxygen atoms in total. The molecule has 0 radical (unpaired) electrons. The molecule has 6 heteroatoms. The molecule has 0 saturated heterocycles. The molecule has 1 atom stereocenters. The number of amides is 2. The van der Waals surface area contributed by atoms with Crippen LogP contribution in [0.3, 0.4) is 0 Å². The molecule has 0 aliphatic carbocycles. The SMILES string of the molecule is CC[C@@H](C)Oc1ccc(/C=N/NC(=O)Nc2ccc(C)c(C)c2)cc1Cl. The number of anilines is 1. The summed E-state index contributed by atoms with van der Waals surface area (Å²) in [5.74, 6) is 0.638. The van der Waals surface area contributed by atoms with E-state index in [1.165, 1.54) is 11.8 Å². The van der Waals surface area contributed by atoms with Gasteiger partial charge in [0.15, 0.2) is 0 Å². The zero-order valence-electron chi connectivity index (χ0n) is 15.5. The summed E-state index contributed by atoms with van der Waals surface area (Å²) < 4.78 is 5.72. The van der Waals surface area contributed by atoms with E-state index in [2.05, 4.69) is 15.8 Å². The number of nitrogens with zero attached hydrogens (tertiary/aromatic N) is 1. The number of hydrazone groups is 1. The van der Waals surface area contributed by atoms with Gasteiger partial charge >= 0.3 is 6.03 Å². The molecule has 0 bridgehead atoms. The van der Waals surface area contributed by atoms with Crippen LogP contribution in [0.1, 0.15) is 37.0 Å². The minimum atomic E-state index is -0.410. The Bertz CT molecular complexity index is 806. The van der Waals surface area contributed by atoms with E-state index in [0.29, 0.717) is 10.8 Å². The molecule has 26 heavy (non-hydrogen) atoms. The zero-order chi connectivity index (χ0) is 19.1. The first-order valence-electron chi connectivity index (χ1n) is 8.52. The standard InChI is InChI=1S/C20H24ClN3O2/c1-5-15(4)26-19-9-7-16(11-18(19)21)12-22-24-20(25)23-17-8-6-13(2)14(3)10-17/h6-12,15H,5H2,1-4H3,(H2,23,24,25)/b22-12+/t15-/m1/s1. The van der Waals surface area contributed by atoms with E-state index in [4.69, 9.17) is 16.3 Å². The molecule has 0 aromatic heterocycles. The van der Waals surface area contributed by atoms with Crippen LogP contribution >= 0.6 is 11.6 Å². The second kappa shape index (κ2) is 9.25. The van der Waals surface area contributed by atoms with Crippen LogP contribution in [-0.4, -0.2) is 18.3 Å². The lowest BCUT2D eigenvalue weighted by molar-refractivity contribution is 0.217. The van der Waals surface area contributed by atoms with Crippen molar-refractivity contribution in [2.75, 3.05) is 5.32 Å². The number of hydrogen-bond donors (Lipinski definition) is 2. The van der Waals surface area contributed by atoms with Crippen LogP contribution in [0.5, 0.6) is 5.75 Å². The molecule has 138 valence electrons. The second-order valence-electron chi connectivity index (χ2n) is 6.15. The van der Waals surface area contributed by atoms with Gasteiger partial charge in [-0.1, -0.05) is 24.6 Å². The van der Waals surface area contributed by atoms with Crippen molar-refractivity contribution >= 4 is 29.5 Å². The number of ether oxygens (including phenoxy) is 1. The topological polar surface area (TPSA) is 62.7 Å². The minimum Gasteiger partial charge on any atom is -0.489 e. The molecule has 0 aliphatic rings. The zero-order valence-corrected chi connectivity index (χ0v) is 16.2. The van der Waals surface area contributed by atoms with E-state index in [1.807, 2.05) is 52.0 Å². The van der Waals surface area contributed by atoms with Gasteiger partial charge in [-0.25, -0.2) is 10.2 Å². The summed E-state index contributed by atoms with van der Waals surface area (Å²) in [5, 5.41) is 7.18. The molecule has 2 N–H and O–H groups in total. The quantitative estimate of drug-likeness (QED) is 0.533. The first-order valence-corrected chi connectivity index (χ1v) is 8.90. The second-order valence-corrected chi connectivity index (χ2v) is 6.56. The van der Waals surface area contributed by atoms with Crippen LogP contribution in [0.25, 0.3) is 0 Å². The molecule has 0 saturated carbocycles. The Hall–Kier alpha value is -2.53. The van der Waals surface area contributed by atoms with E-state index in [-0.39, 0.29) is 6.10 Å². The highest BCUT2D eigenvalue weighted by Crippen LogP contribution is 2.26. The summed E-state index contributed by atoms with van der Waals surface area (Å²) in [6.07, 6.45) is 2.53. The van der Waals surface area contributed by atoms with E-state index >= 15 is 0 Å². The largest absolute Gasteiger partial charge is 0.489 e. The number of halogens is 1. The highest BCUT2D eigenvalue weighted by Gasteiger charge is 2.06. The number of aryl methyl sites for hydroxylation is 2. The van der Waals surface area contributed by atoms with Crippen LogP contribution in [-0.2, 0) is 0 Å². The summed E-state index contributed by atoms with van der Waals surface area (Å²) in [6, 6.07) is 10.7. The van der Waals surface area contributed by atoms with Gasteiger partial charge in [0, 0.05) is 5.69 Å². The van der Waals surface area contributed by atoms with Gasteiger partial charge in [-0.15, -0.1) is 0 Å². The van der Waals surface area contributed by atoms with Crippen LogP contribution in [0.15, 0.2) is 41.5 Å². The average Bonchev–Trinajstić information content (AvgIpc) is 2.60. The van der Waals surface area contributed by atoms with Crippen molar-refractivity contribution in [2.24, 2.45) is 5.10 Å². The molecular weight excluding hydrogens is 350 g/mol. The lowest BCUT2D eigenvalue weighted by Gasteiger charge is -2.13. The number of rotatable bonds is 6. The number of carbonyl (C=O) groups excluding carboxylic acids is 1. The van der Waals surface area contributed by atoms with Crippen molar-refractivity contribution in [2.45, 2.75) is 40.2 Å². The molecule has 0 heterocycles. The van der Waals surface area contributed by atoms with Crippen molar-refractivity contribution in [1.29, 1.82) is 0 Å². The Morgan fingerprint density at radius 2 is 2.00 bits per heavy atom. The predicted molar refractivity (Wildman–Crippen MR) is 107 cm³/mol. The smallest absolute Gasteiger partial charge is 0.339 e. The Labute approximate surface area is 159 Å². The van der Waals surface area contributed by atoms with Crippen molar-refractivity contribution in [3.8, 4) is 5.75 Å². The third-order valence-corrected chi connectivity index (χ3v) is 4.30. The van der Waals surface area contributed by atoms with Crippen molar-refractivity contribution < 1.29 is 9.53 Å². The van der Waals surface area contributed by atoms with Gasteiger partial charge in [0.2, 0.25) is 0 Å². The molecule has 2 aromatic rings. The predicted octanol–water partition coefficient (Wildman–Crippen LogP) is 5.29. The summed E-state index contributed by atoms with van der Waals surface area (Å²) in [4.78, 5) is 11.9. The number of hydrogen-bond acceptors (Lipinski definition) is 3. The molecule has 0 spiro atoms. The Morgan fingerprint density at radius 1 is 1.23 bits per heavy atom. The van der Waals surface area contributed by atoms with Crippen molar-refractivity contribution in [3.05, 3.63) is 58.1 Å². The molecule has 0 unspecified atom stereocenters. The minimum absolute atomic E-state index is 0.0998.